The van der Waals surface area contributed by atoms with Crippen LogP contribution in [0.15, 0.2) is 78.9 Å². The molecule has 0 fully saturated rings. The Morgan fingerprint density at radius 2 is 1.37 bits per heavy atom. The lowest BCUT2D eigenvalue weighted by atomic mass is 10.1. The average Bonchev–Trinajstić information content (AvgIpc) is 3.04. The second kappa shape index (κ2) is 8.21. The summed E-state index contributed by atoms with van der Waals surface area (Å²) in [6, 6.07) is 23.8. The Bertz CT molecular complexity index is 1060. The molecule has 0 aromatic heterocycles. The smallest absolute Gasteiger partial charge is 0.350 e. The van der Waals surface area contributed by atoms with Gasteiger partial charge in [-0.3, -0.25) is 9.59 Å². The number of carbonyl (C=O) groups excluding carboxylic acids is 3. The molecule has 0 saturated heterocycles. The van der Waals surface area contributed by atoms with Gasteiger partial charge in [0.25, 0.3) is 11.8 Å². The molecule has 1 aliphatic heterocycles. The predicted octanol–water partition coefficient (Wildman–Crippen LogP) is 3.95. The Labute approximate surface area is 174 Å². The highest BCUT2D eigenvalue weighted by molar-refractivity contribution is 6.22. The number of anilines is 1. The Morgan fingerprint density at radius 3 is 1.93 bits per heavy atom. The summed E-state index contributed by atoms with van der Waals surface area (Å²) in [5, 5.41) is 2.99. The molecule has 0 radical (unpaired) electrons. The maximum Gasteiger partial charge on any atom is 0.350 e. The van der Waals surface area contributed by atoms with E-state index in [1.165, 1.54) is 0 Å². The first kappa shape index (κ1) is 19.4. The number of ether oxygens (including phenoxy) is 1. The molecular weight excluding hydrogens is 380 g/mol. The number of nitrogens with zero attached hydrogens (tertiary/aromatic N) is 1. The first-order valence-corrected chi connectivity index (χ1v) is 9.65. The van der Waals surface area contributed by atoms with Crippen molar-refractivity contribution in [3.8, 4) is 11.1 Å². The second-order valence-electron chi connectivity index (χ2n) is 6.77. The number of hydrogen-bond acceptors (Lipinski definition) is 5. The maximum absolute atomic E-state index is 12.8. The fourth-order valence-corrected chi connectivity index (χ4v) is 3.44. The number of hydrogen-bond donors (Lipinski definition) is 1. The van der Waals surface area contributed by atoms with Crippen molar-refractivity contribution in [2.75, 3.05) is 11.9 Å². The van der Waals surface area contributed by atoms with E-state index in [4.69, 9.17) is 4.74 Å². The maximum atomic E-state index is 12.8. The number of benzene rings is 3. The molecule has 4 rings (SSSR count). The molecule has 1 unspecified atom stereocenters. The van der Waals surface area contributed by atoms with E-state index < -0.39 is 23.9 Å². The van der Waals surface area contributed by atoms with Gasteiger partial charge in [0.05, 0.1) is 17.7 Å². The normalized spacial score (nSPS) is 13.7. The lowest BCUT2D eigenvalue weighted by molar-refractivity contribution is -0.146. The zero-order chi connectivity index (χ0) is 21.1. The van der Waals surface area contributed by atoms with Crippen molar-refractivity contribution < 1.29 is 19.1 Å². The summed E-state index contributed by atoms with van der Waals surface area (Å²) in [5.41, 5.74) is 3.21. The Morgan fingerprint density at radius 1 is 0.833 bits per heavy atom. The van der Waals surface area contributed by atoms with Crippen molar-refractivity contribution in [1.29, 1.82) is 0 Å². The van der Waals surface area contributed by atoms with Crippen molar-refractivity contribution in [1.82, 2.24) is 4.90 Å². The zero-order valence-corrected chi connectivity index (χ0v) is 16.4. The lowest BCUT2D eigenvalue weighted by Gasteiger charge is -2.26. The zero-order valence-electron chi connectivity index (χ0n) is 16.4. The summed E-state index contributed by atoms with van der Waals surface area (Å²) in [6.07, 6.45) is -1.26. The Balaban J connectivity index is 1.62. The van der Waals surface area contributed by atoms with Crippen LogP contribution in [0.25, 0.3) is 11.1 Å². The standard InChI is InChI=1S/C24H20N2O4/c1-2-30-24(29)21(26-22(27)19-10-6-7-11-20(19)23(26)28)25-18-14-12-17(13-15-18)16-8-4-3-5-9-16/h3-15,21,25H,2H2,1H3. The molecular formula is C24H20N2O4. The summed E-state index contributed by atoms with van der Waals surface area (Å²) in [4.78, 5) is 39.2. The number of nitrogens with one attached hydrogen (secondary N) is 1. The van der Waals surface area contributed by atoms with Crippen LogP contribution in [0, 0.1) is 0 Å². The summed E-state index contributed by atoms with van der Waals surface area (Å²) >= 11 is 0. The van der Waals surface area contributed by atoms with Crippen molar-refractivity contribution in [3.63, 3.8) is 0 Å². The molecule has 3 aromatic rings. The molecule has 0 aliphatic carbocycles. The monoisotopic (exact) mass is 400 g/mol. The molecule has 0 bridgehead atoms. The highest BCUT2D eigenvalue weighted by Gasteiger charge is 2.43. The first-order valence-electron chi connectivity index (χ1n) is 9.65. The molecule has 0 spiro atoms. The van der Waals surface area contributed by atoms with Crippen LogP contribution in [0.1, 0.15) is 27.6 Å². The van der Waals surface area contributed by atoms with E-state index in [-0.39, 0.29) is 17.7 Å². The van der Waals surface area contributed by atoms with Crippen molar-refractivity contribution in [2.45, 2.75) is 13.1 Å². The van der Waals surface area contributed by atoms with Gasteiger partial charge in [0.2, 0.25) is 6.17 Å². The van der Waals surface area contributed by atoms with Crippen molar-refractivity contribution in [2.24, 2.45) is 0 Å². The topological polar surface area (TPSA) is 75.7 Å². The number of fused-ring (bicyclic) bond motifs is 1. The highest BCUT2D eigenvalue weighted by Crippen LogP contribution is 2.27. The number of imide groups is 1. The highest BCUT2D eigenvalue weighted by atomic mass is 16.5. The van der Waals surface area contributed by atoms with Gasteiger partial charge in [0.15, 0.2) is 0 Å². The van der Waals surface area contributed by atoms with Crippen LogP contribution in [0.4, 0.5) is 5.69 Å². The molecule has 3 aromatic carbocycles. The molecule has 1 atom stereocenters. The summed E-state index contributed by atoms with van der Waals surface area (Å²) in [6.45, 7) is 1.80. The quantitative estimate of drug-likeness (QED) is 0.501. The molecule has 2 amide bonds. The van der Waals surface area contributed by atoms with Crippen LogP contribution in [-0.2, 0) is 9.53 Å². The average molecular weight is 400 g/mol. The second-order valence-corrected chi connectivity index (χ2v) is 6.77. The van der Waals surface area contributed by atoms with Gasteiger partial charge in [0.1, 0.15) is 0 Å². The molecule has 0 saturated carbocycles. The van der Waals surface area contributed by atoms with Crippen LogP contribution in [-0.4, -0.2) is 35.5 Å². The lowest BCUT2D eigenvalue weighted by Crippen LogP contribution is -2.50. The minimum Gasteiger partial charge on any atom is -0.463 e. The van der Waals surface area contributed by atoms with Gasteiger partial charge in [-0.1, -0.05) is 54.6 Å². The predicted molar refractivity (Wildman–Crippen MR) is 113 cm³/mol. The van der Waals surface area contributed by atoms with E-state index in [0.717, 1.165) is 16.0 Å². The third-order valence-corrected chi connectivity index (χ3v) is 4.89. The van der Waals surface area contributed by atoms with Crippen molar-refractivity contribution in [3.05, 3.63) is 90.0 Å². The van der Waals surface area contributed by atoms with E-state index in [0.29, 0.717) is 5.69 Å². The van der Waals surface area contributed by atoms with Gasteiger partial charge in [-0.15, -0.1) is 0 Å². The third kappa shape index (κ3) is 3.55. The number of rotatable bonds is 6. The number of esters is 1. The van der Waals surface area contributed by atoms with Gasteiger partial charge >= 0.3 is 5.97 Å². The fourth-order valence-electron chi connectivity index (χ4n) is 3.44. The minimum absolute atomic E-state index is 0.132. The van der Waals surface area contributed by atoms with Crippen LogP contribution in [0.3, 0.4) is 0 Å². The van der Waals surface area contributed by atoms with E-state index in [9.17, 15) is 14.4 Å². The SMILES string of the molecule is CCOC(=O)C(Nc1ccc(-c2ccccc2)cc1)N1C(=O)c2ccccc2C1=O. The minimum atomic E-state index is -1.26. The van der Waals surface area contributed by atoms with Gasteiger partial charge in [-0.25, -0.2) is 9.69 Å². The number of carbonyl (C=O) groups is 3. The largest absolute Gasteiger partial charge is 0.463 e. The molecule has 1 heterocycles. The molecule has 30 heavy (non-hydrogen) atoms. The molecule has 150 valence electrons. The van der Waals surface area contributed by atoms with Crippen LogP contribution >= 0.6 is 0 Å². The summed E-state index contributed by atoms with van der Waals surface area (Å²) < 4.78 is 5.13. The number of amides is 2. The third-order valence-electron chi connectivity index (χ3n) is 4.89. The summed E-state index contributed by atoms with van der Waals surface area (Å²) in [7, 11) is 0. The van der Waals surface area contributed by atoms with Crippen LogP contribution in [0.2, 0.25) is 0 Å². The van der Waals surface area contributed by atoms with Gasteiger partial charge in [-0.2, -0.15) is 0 Å². The van der Waals surface area contributed by atoms with Crippen molar-refractivity contribution >= 4 is 23.5 Å². The van der Waals surface area contributed by atoms with Gasteiger partial charge in [0, 0.05) is 5.69 Å². The fraction of sp³-hybridized carbons (Fsp3) is 0.125. The Hall–Kier alpha value is -3.93. The molecule has 1 N–H and O–H groups in total. The van der Waals surface area contributed by atoms with E-state index in [1.807, 2.05) is 42.5 Å². The first-order chi connectivity index (χ1) is 14.6. The van der Waals surface area contributed by atoms with E-state index in [1.54, 1.807) is 43.3 Å². The van der Waals surface area contributed by atoms with Gasteiger partial charge < -0.3 is 10.1 Å². The molecule has 6 heteroatoms. The Kier molecular flexibility index (Phi) is 5.30. The van der Waals surface area contributed by atoms with Gasteiger partial charge in [-0.05, 0) is 42.3 Å². The van der Waals surface area contributed by atoms with Crippen LogP contribution in [0.5, 0.6) is 0 Å². The molecule has 1 aliphatic rings. The van der Waals surface area contributed by atoms with E-state index in [2.05, 4.69) is 5.32 Å². The van der Waals surface area contributed by atoms with E-state index >= 15 is 0 Å². The van der Waals surface area contributed by atoms with Crippen LogP contribution < -0.4 is 5.32 Å². The molecule has 6 nitrogen and oxygen atoms in total. The summed E-state index contributed by atoms with van der Waals surface area (Å²) in [5.74, 6) is -1.75.